The van der Waals surface area contributed by atoms with Gasteiger partial charge in [0.05, 0.1) is 0 Å². The number of hydrogen-bond donors (Lipinski definition) is 0. The zero-order valence-corrected chi connectivity index (χ0v) is 10.5. The SMILES string of the molecule is Cc1ccc(C2=N/C(=C/C3C=CC=C3)C(=O)O2)cc1. The number of carbonyl (C=O) groups excluding carboxylic acids is 1. The van der Waals surface area contributed by atoms with Crippen molar-refractivity contribution in [1.82, 2.24) is 0 Å². The third-order valence-electron chi connectivity index (χ3n) is 3.05. The molecule has 1 aliphatic heterocycles. The van der Waals surface area contributed by atoms with E-state index >= 15 is 0 Å². The van der Waals surface area contributed by atoms with Crippen molar-refractivity contribution in [3.05, 3.63) is 71.5 Å². The third kappa shape index (κ3) is 2.40. The summed E-state index contributed by atoms with van der Waals surface area (Å²) in [6, 6.07) is 7.74. The molecule has 0 atom stereocenters. The minimum Gasteiger partial charge on any atom is -0.402 e. The molecule has 0 radical (unpaired) electrons. The van der Waals surface area contributed by atoms with Crippen LogP contribution in [0.4, 0.5) is 0 Å². The highest BCUT2D eigenvalue weighted by Gasteiger charge is 2.24. The number of carbonyl (C=O) groups is 1. The summed E-state index contributed by atoms with van der Waals surface area (Å²) in [5, 5.41) is 0. The number of nitrogens with zero attached hydrogens (tertiary/aromatic N) is 1. The molecule has 1 aliphatic carbocycles. The molecule has 1 heterocycles. The standard InChI is InChI=1S/C16H13NO2/c1-11-6-8-13(9-7-11)15-17-14(16(18)19-15)10-12-4-2-3-5-12/h2-10,12H,1H3/b14-10+. The van der Waals surface area contributed by atoms with Crippen molar-refractivity contribution in [2.45, 2.75) is 6.92 Å². The molecule has 0 saturated carbocycles. The van der Waals surface area contributed by atoms with Crippen LogP contribution in [0, 0.1) is 12.8 Å². The first-order chi connectivity index (χ1) is 9.22. The summed E-state index contributed by atoms with van der Waals surface area (Å²) in [5.41, 5.74) is 2.35. The summed E-state index contributed by atoms with van der Waals surface area (Å²) in [7, 11) is 0. The van der Waals surface area contributed by atoms with E-state index in [1.807, 2.05) is 61.6 Å². The van der Waals surface area contributed by atoms with Crippen LogP contribution in [-0.2, 0) is 9.53 Å². The van der Waals surface area contributed by atoms with Crippen molar-refractivity contribution in [1.29, 1.82) is 0 Å². The lowest BCUT2D eigenvalue weighted by atomic mass is 10.1. The van der Waals surface area contributed by atoms with Crippen molar-refractivity contribution in [2.24, 2.45) is 10.9 Å². The van der Waals surface area contributed by atoms with E-state index in [9.17, 15) is 4.79 Å². The maximum absolute atomic E-state index is 11.8. The first-order valence-electron chi connectivity index (χ1n) is 6.17. The number of cyclic esters (lactones) is 1. The molecular formula is C16H13NO2. The van der Waals surface area contributed by atoms with E-state index in [0.717, 1.165) is 11.1 Å². The van der Waals surface area contributed by atoms with Crippen LogP contribution in [0.1, 0.15) is 11.1 Å². The second-order valence-electron chi connectivity index (χ2n) is 4.57. The van der Waals surface area contributed by atoms with E-state index < -0.39 is 0 Å². The Bertz CT molecular complexity index is 621. The van der Waals surface area contributed by atoms with Crippen LogP contribution in [0.25, 0.3) is 0 Å². The van der Waals surface area contributed by atoms with Crippen molar-refractivity contribution in [2.75, 3.05) is 0 Å². The van der Waals surface area contributed by atoms with E-state index in [2.05, 4.69) is 4.99 Å². The van der Waals surface area contributed by atoms with Crippen molar-refractivity contribution in [3.8, 4) is 0 Å². The minimum absolute atomic E-state index is 0.128. The van der Waals surface area contributed by atoms with E-state index in [1.54, 1.807) is 0 Å². The van der Waals surface area contributed by atoms with Crippen molar-refractivity contribution >= 4 is 11.9 Å². The average Bonchev–Trinajstić information content (AvgIpc) is 3.02. The molecular weight excluding hydrogens is 238 g/mol. The Balaban J connectivity index is 1.88. The molecule has 0 aromatic heterocycles. The summed E-state index contributed by atoms with van der Waals surface area (Å²) in [6.07, 6.45) is 9.71. The summed E-state index contributed by atoms with van der Waals surface area (Å²) in [4.78, 5) is 16.0. The number of aryl methyl sites for hydroxylation is 1. The Morgan fingerprint density at radius 2 is 1.84 bits per heavy atom. The van der Waals surface area contributed by atoms with Crippen molar-refractivity contribution in [3.63, 3.8) is 0 Å². The van der Waals surface area contributed by atoms with Gasteiger partial charge in [-0.1, -0.05) is 42.0 Å². The van der Waals surface area contributed by atoms with Gasteiger partial charge in [-0.3, -0.25) is 0 Å². The largest absolute Gasteiger partial charge is 0.402 e. The summed E-state index contributed by atoms with van der Waals surface area (Å²) in [6.45, 7) is 2.01. The number of ether oxygens (including phenoxy) is 1. The molecule has 0 fully saturated rings. The number of rotatable bonds is 2. The lowest BCUT2D eigenvalue weighted by Gasteiger charge is -1.99. The average molecular weight is 251 g/mol. The highest BCUT2D eigenvalue weighted by Crippen LogP contribution is 2.20. The van der Waals surface area contributed by atoms with Crippen LogP contribution in [0.15, 0.2) is 65.3 Å². The molecule has 3 heteroatoms. The lowest BCUT2D eigenvalue weighted by molar-refractivity contribution is -0.130. The molecule has 0 bridgehead atoms. The Labute approximate surface area is 111 Å². The molecule has 1 aromatic rings. The highest BCUT2D eigenvalue weighted by molar-refractivity contribution is 6.11. The molecule has 0 N–H and O–H groups in total. The number of esters is 1. The van der Waals surface area contributed by atoms with Gasteiger partial charge in [0.2, 0.25) is 5.90 Å². The first-order valence-corrected chi connectivity index (χ1v) is 6.17. The molecule has 0 saturated heterocycles. The van der Waals surface area contributed by atoms with Crippen LogP contribution >= 0.6 is 0 Å². The molecule has 0 unspecified atom stereocenters. The normalized spacial score (nSPS) is 20.2. The Kier molecular flexibility index (Phi) is 2.88. The van der Waals surface area contributed by atoms with E-state index in [-0.39, 0.29) is 11.9 Å². The molecule has 3 nitrogen and oxygen atoms in total. The fraction of sp³-hybridized carbons (Fsp3) is 0.125. The zero-order valence-electron chi connectivity index (χ0n) is 10.5. The molecule has 2 aliphatic rings. The molecule has 94 valence electrons. The first kappa shape index (κ1) is 11.7. The maximum Gasteiger partial charge on any atom is 0.363 e. The smallest absolute Gasteiger partial charge is 0.363 e. The Hall–Kier alpha value is -2.42. The van der Waals surface area contributed by atoms with Gasteiger partial charge in [0.25, 0.3) is 0 Å². The van der Waals surface area contributed by atoms with E-state index in [1.165, 1.54) is 0 Å². The zero-order chi connectivity index (χ0) is 13.2. The Morgan fingerprint density at radius 3 is 2.53 bits per heavy atom. The predicted octanol–water partition coefficient (Wildman–Crippen LogP) is 2.92. The van der Waals surface area contributed by atoms with Gasteiger partial charge >= 0.3 is 5.97 Å². The second-order valence-corrected chi connectivity index (χ2v) is 4.57. The van der Waals surface area contributed by atoms with E-state index in [0.29, 0.717) is 11.6 Å². The maximum atomic E-state index is 11.8. The quantitative estimate of drug-likeness (QED) is 0.598. The number of hydrogen-bond acceptors (Lipinski definition) is 3. The topological polar surface area (TPSA) is 38.7 Å². The van der Waals surface area contributed by atoms with Crippen LogP contribution in [0.5, 0.6) is 0 Å². The molecule has 19 heavy (non-hydrogen) atoms. The van der Waals surface area contributed by atoms with Gasteiger partial charge < -0.3 is 4.74 Å². The molecule has 0 spiro atoms. The van der Waals surface area contributed by atoms with E-state index in [4.69, 9.17) is 4.74 Å². The van der Waals surface area contributed by atoms with Gasteiger partial charge in [0.1, 0.15) is 5.70 Å². The number of aliphatic imine (C=N–C) groups is 1. The Morgan fingerprint density at radius 1 is 1.16 bits per heavy atom. The monoisotopic (exact) mass is 251 g/mol. The summed E-state index contributed by atoms with van der Waals surface area (Å²) < 4.78 is 5.20. The fourth-order valence-corrected chi connectivity index (χ4v) is 1.99. The summed E-state index contributed by atoms with van der Waals surface area (Å²) >= 11 is 0. The van der Waals surface area contributed by atoms with Crippen LogP contribution in [0.3, 0.4) is 0 Å². The number of benzene rings is 1. The van der Waals surface area contributed by atoms with Gasteiger partial charge in [-0.2, -0.15) is 0 Å². The van der Waals surface area contributed by atoms with Gasteiger partial charge in [0, 0.05) is 11.5 Å². The van der Waals surface area contributed by atoms with Gasteiger partial charge in [0.15, 0.2) is 0 Å². The number of allylic oxidation sites excluding steroid dienone is 5. The van der Waals surface area contributed by atoms with Gasteiger partial charge in [-0.25, -0.2) is 9.79 Å². The third-order valence-corrected chi connectivity index (χ3v) is 3.05. The van der Waals surface area contributed by atoms with Gasteiger partial charge in [-0.05, 0) is 25.1 Å². The minimum atomic E-state index is -0.385. The summed E-state index contributed by atoms with van der Waals surface area (Å²) in [5.74, 6) is 0.121. The molecule has 3 rings (SSSR count). The van der Waals surface area contributed by atoms with Crippen molar-refractivity contribution < 1.29 is 9.53 Å². The predicted molar refractivity (Wildman–Crippen MR) is 73.7 cm³/mol. The second kappa shape index (κ2) is 4.69. The van der Waals surface area contributed by atoms with Crippen LogP contribution in [0.2, 0.25) is 0 Å². The fourth-order valence-electron chi connectivity index (χ4n) is 1.99. The molecule has 1 aromatic carbocycles. The molecule has 0 amide bonds. The van der Waals surface area contributed by atoms with Gasteiger partial charge in [-0.15, -0.1) is 0 Å². The van der Waals surface area contributed by atoms with Crippen LogP contribution in [-0.4, -0.2) is 11.9 Å². The van der Waals surface area contributed by atoms with Crippen LogP contribution < -0.4 is 0 Å². The highest BCUT2D eigenvalue weighted by atomic mass is 16.6. The lowest BCUT2D eigenvalue weighted by Crippen LogP contribution is -2.05.